The fraction of sp³-hybridized carbons (Fsp3) is 0.189. The fourth-order valence-electron chi connectivity index (χ4n) is 6.90. The van der Waals surface area contributed by atoms with Gasteiger partial charge in [-0.1, -0.05) is 132 Å². The van der Waals surface area contributed by atoms with Crippen LogP contribution in [0.4, 0.5) is 23.3 Å². The lowest BCUT2D eigenvalue weighted by Gasteiger charge is -2.10. The zero-order valence-corrected chi connectivity index (χ0v) is 36.6. The van der Waals surface area contributed by atoms with E-state index in [4.69, 9.17) is 14.7 Å². The summed E-state index contributed by atoms with van der Waals surface area (Å²) in [6, 6.07) is 49.9. The molecule has 11 nitrogen and oxygen atoms in total. The van der Waals surface area contributed by atoms with E-state index < -0.39 is 0 Å². The highest BCUT2D eigenvalue weighted by atomic mass is 16.5. The van der Waals surface area contributed by atoms with Gasteiger partial charge in [-0.3, -0.25) is 0 Å². The number of hydrogen-bond donors (Lipinski definition) is 3. The molecule has 0 bridgehead atoms. The lowest BCUT2D eigenvalue weighted by Crippen LogP contribution is -2.09. The normalized spacial score (nSPS) is 10.7. The van der Waals surface area contributed by atoms with Crippen LogP contribution in [0.5, 0.6) is 0 Å². The summed E-state index contributed by atoms with van der Waals surface area (Å²) in [4.78, 5) is 40.0. The lowest BCUT2D eigenvalue weighted by atomic mass is 10.1. The number of carbonyl (C=O) groups excluding carboxylic acids is 1. The highest BCUT2D eigenvalue weighted by Crippen LogP contribution is 2.20. The summed E-state index contributed by atoms with van der Waals surface area (Å²) in [6.45, 7) is 8.39. The van der Waals surface area contributed by atoms with Gasteiger partial charge in [0.15, 0.2) is 0 Å². The van der Waals surface area contributed by atoms with Gasteiger partial charge in [0.05, 0.1) is 18.8 Å². The van der Waals surface area contributed by atoms with E-state index in [9.17, 15) is 9.90 Å². The molecular formula is C53H52N8O3. The van der Waals surface area contributed by atoms with Crippen LogP contribution >= 0.6 is 0 Å². The van der Waals surface area contributed by atoms with Gasteiger partial charge in [-0.25, -0.2) is 14.8 Å². The highest BCUT2D eigenvalue weighted by Gasteiger charge is 2.12. The van der Waals surface area contributed by atoms with Crippen molar-refractivity contribution in [3.8, 4) is 0 Å². The van der Waals surface area contributed by atoms with E-state index in [2.05, 4.69) is 118 Å². The molecule has 0 amide bonds. The highest BCUT2D eigenvalue weighted by molar-refractivity contribution is 5.89. The molecule has 0 radical (unpaired) electrons. The van der Waals surface area contributed by atoms with Crippen molar-refractivity contribution in [1.29, 1.82) is 0 Å². The van der Waals surface area contributed by atoms with Crippen LogP contribution in [0.15, 0.2) is 152 Å². The van der Waals surface area contributed by atoms with Gasteiger partial charge >= 0.3 is 5.97 Å². The van der Waals surface area contributed by atoms with Crippen LogP contribution in [-0.4, -0.2) is 47.6 Å². The first-order chi connectivity index (χ1) is 31.2. The van der Waals surface area contributed by atoms with Crippen LogP contribution in [0.1, 0.15) is 85.1 Å². The monoisotopic (exact) mass is 848 g/mol. The number of anilines is 4. The van der Waals surface area contributed by atoms with Gasteiger partial charge in [0.1, 0.15) is 23.3 Å². The van der Waals surface area contributed by atoms with Gasteiger partial charge in [0.25, 0.3) is 0 Å². The van der Waals surface area contributed by atoms with E-state index in [1.54, 1.807) is 19.1 Å². The van der Waals surface area contributed by atoms with Crippen LogP contribution in [0.2, 0.25) is 0 Å². The predicted molar refractivity (Wildman–Crippen MR) is 252 cm³/mol. The van der Waals surface area contributed by atoms with Gasteiger partial charge in [0.2, 0.25) is 11.9 Å². The van der Waals surface area contributed by atoms with Crippen molar-refractivity contribution in [2.45, 2.75) is 60.0 Å². The topological polar surface area (TPSA) is 148 Å². The molecule has 0 saturated heterocycles. The Labute approximate surface area is 374 Å². The van der Waals surface area contributed by atoms with Gasteiger partial charge in [-0.05, 0) is 91.9 Å². The van der Waals surface area contributed by atoms with Crippen LogP contribution in [-0.2, 0) is 37.0 Å². The van der Waals surface area contributed by atoms with Crippen LogP contribution < -0.4 is 10.6 Å². The molecule has 0 fully saturated rings. The number of aryl methyl sites for hydroxylation is 3. The second-order valence-corrected chi connectivity index (χ2v) is 15.5. The maximum absolute atomic E-state index is 11.9. The first-order valence-corrected chi connectivity index (χ1v) is 21.4. The molecule has 0 aliphatic rings. The number of aromatic nitrogens is 6. The Kier molecular flexibility index (Phi) is 15.2. The Balaban J connectivity index is 0.000000192. The number of carbonyl (C=O) groups is 1. The molecule has 0 atom stereocenters. The molecule has 8 rings (SSSR count). The van der Waals surface area contributed by atoms with Crippen molar-refractivity contribution >= 4 is 29.2 Å². The number of nitrogens with one attached hydrogen (secondary N) is 2. The largest absolute Gasteiger partial charge is 0.462 e. The summed E-state index contributed by atoms with van der Waals surface area (Å²) in [7, 11) is 0. The quantitative estimate of drug-likeness (QED) is 0.0847. The molecule has 2 aromatic heterocycles. The Bertz CT molecular complexity index is 2760. The van der Waals surface area contributed by atoms with E-state index in [1.165, 1.54) is 22.3 Å². The fourth-order valence-corrected chi connectivity index (χ4v) is 6.90. The average molecular weight is 849 g/mol. The minimum atomic E-state index is -0.338. The number of rotatable bonds is 15. The van der Waals surface area contributed by atoms with Gasteiger partial charge in [-0.2, -0.15) is 19.9 Å². The molecule has 0 aliphatic heterocycles. The minimum Gasteiger partial charge on any atom is -0.462 e. The predicted octanol–water partition coefficient (Wildman–Crippen LogP) is 10.2. The van der Waals surface area contributed by atoms with E-state index in [0.717, 1.165) is 39.5 Å². The summed E-state index contributed by atoms with van der Waals surface area (Å²) >= 11 is 0. The number of benzene rings is 6. The van der Waals surface area contributed by atoms with Crippen molar-refractivity contribution in [2.24, 2.45) is 0 Å². The van der Waals surface area contributed by atoms with Crippen molar-refractivity contribution in [2.75, 3.05) is 17.2 Å². The van der Waals surface area contributed by atoms with Crippen molar-refractivity contribution in [1.82, 2.24) is 29.9 Å². The van der Waals surface area contributed by atoms with Crippen LogP contribution in [0.3, 0.4) is 0 Å². The van der Waals surface area contributed by atoms with Crippen molar-refractivity contribution in [3.63, 3.8) is 0 Å². The number of hydrogen-bond acceptors (Lipinski definition) is 11. The van der Waals surface area contributed by atoms with E-state index in [-0.39, 0.29) is 12.6 Å². The molecule has 3 N–H and O–H groups in total. The van der Waals surface area contributed by atoms with Crippen molar-refractivity contribution in [3.05, 3.63) is 225 Å². The van der Waals surface area contributed by atoms with Crippen LogP contribution in [0.25, 0.3) is 0 Å². The standard InChI is InChI=1S/C27H26N4O2.C26H26N4O/c1-3-33-26(32)22-12-14-23(15-13-22)28-27-30-24(17-20-9-5-4-6-10-20)29-25(31-27)18-21-11-7-8-19(2)16-21;1-18-6-12-23(13-7-18)27-26-29-24(15-20-8-10-21(17-31)11-9-20)28-25(30-26)16-22-5-3-4-19(2)14-22/h4-16H,3,17-18H2,1-2H3,(H,28,29,30,31);3-14,31H,15-17H2,1-2H3,(H,27,28,29,30). The molecule has 11 heteroatoms. The number of aliphatic hydroxyl groups is 1. The minimum absolute atomic E-state index is 0.0390. The first kappa shape index (κ1) is 44.4. The maximum Gasteiger partial charge on any atom is 0.338 e. The molecule has 0 saturated carbocycles. The number of ether oxygens (including phenoxy) is 1. The van der Waals surface area contributed by atoms with E-state index in [0.29, 0.717) is 67.2 Å². The lowest BCUT2D eigenvalue weighted by molar-refractivity contribution is 0.0526. The first-order valence-electron chi connectivity index (χ1n) is 21.4. The maximum atomic E-state index is 11.9. The molecular weight excluding hydrogens is 797 g/mol. The Morgan fingerprint density at radius 2 is 0.891 bits per heavy atom. The number of aliphatic hydroxyl groups excluding tert-OH is 1. The smallest absolute Gasteiger partial charge is 0.338 e. The summed E-state index contributed by atoms with van der Waals surface area (Å²) in [5.74, 6) is 3.53. The zero-order chi connectivity index (χ0) is 44.7. The van der Waals surface area contributed by atoms with Gasteiger partial charge in [0, 0.05) is 37.1 Å². The zero-order valence-electron chi connectivity index (χ0n) is 36.6. The number of nitrogens with zero attached hydrogens (tertiary/aromatic N) is 6. The Morgan fingerprint density at radius 1 is 0.469 bits per heavy atom. The van der Waals surface area contributed by atoms with Gasteiger partial charge < -0.3 is 20.5 Å². The third-order valence-corrected chi connectivity index (χ3v) is 10.1. The molecule has 0 aliphatic carbocycles. The number of esters is 1. The summed E-state index contributed by atoms with van der Waals surface area (Å²) < 4.78 is 5.05. The van der Waals surface area contributed by atoms with E-state index >= 15 is 0 Å². The average Bonchev–Trinajstić information content (AvgIpc) is 3.28. The third-order valence-electron chi connectivity index (χ3n) is 10.1. The molecule has 0 unspecified atom stereocenters. The van der Waals surface area contributed by atoms with Crippen molar-refractivity contribution < 1.29 is 14.6 Å². The molecule has 6 aromatic carbocycles. The molecule has 64 heavy (non-hydrogen) atoms. The second-order valence-electron chi connectivity index (χ2n) is 15.5. The molecule has 8 aromatic rings. The summed E-state index contributed by atoms with van der Waals surface area (Å²) in [5.41, 5.74) is 11.3. The van der Waals surface area contributed by atoms with Gasteiger partial charge in [-0.15, -0.1) is 0 Å². The third kappa shape index (κ3) is 13.4. The summed E-state index contributed by atoms with van der Waals surface area (Å²) in [5, 5.41) is 15.8. The molecule has 322 valence electrons. The van der Waals surface area contributed by atoms with Crippen LogP contribution in [0, 0.1) is 20.8 Å². The molecule has 2 heterocycles. The van der Waals surface area contributed by atoms with E-state index in [1.807, 2.05) is 72.8 Å². The summed E-state index contributed by atoms with van der Waals surface area (Å²) in [6.07, 6.45) is 2.46. The Morgan fingerprint density at radius 3 is 1.34 bits per heavy atom. The second kappa shape index (κ2) is 21.9. The SMILES string of the molecule is CCOC(=O)c1ccc(Nc2nc(Cc3ccccc3)nc(Cc3cccc(C)c3)n2)cc1.Cc1ccc(Nc2nc(Cc3ccc(CO)cc3)nc(Cc3cccc(C)c3)n2)cc1. The Hall–Kier alpha value is -7.63. The molecule has 0 spiro atoms.